The first-order chi connectivity index (χ1) is 16.1. The number of benzene rings is 1. The number of aromatic nitrogens is 1. The summed E-state index contributed by atoms with van der Waals surface area (Å²) in [6.45, 7) is 4.89. The predicted molar refractivity (Wildman–Crippen MR) is 116 cm³/mol. The Labute approximate surface area is 197 Å². The molecule has 35 heavy (non-hydrogen) atoms. The van der Waals surface area contributed by atoms with E-state index in [-0.39, 0.29) is 12.1 Å². The maximum absolute atomic E-state index is 14.5. The van der Waals surface area contributed by atoms with E-state index in [1.807, 2.05) is 0 Å². The first kappa shape index (κ1) is 26.2. The minimum absolute atomic E-state index is 0.199. The highest BCUT2D eigenvalue weighted by atomic mass is 19.4. The third kappa shape index (κ3) is 5.18. The van der Waals surface area contributed by atoms with E-state index in [0.29, 0.717) is 0 Å². The number of nitrogens with one attached hydrogen (secondary N) is 2. The number of carbonyl (C=O) groups excluding carboxylic acids is 2. The summed E-state index contributed by atoms with van der Waals surface area (Å²) in [7, 11) is 0. The Kier molecular flexibility index (Phi) is 6.75. The number of nitrogens with zero attached hydrogens (tertiary/aromatic N) is 1. The van der Waals surface area contributed by atoms with Crippen molar-refractivity contribution in [2.24, 2.45) is 5.41 Å². The number of aryl methyl sites for hydroxylation is 1. The van der Waals surface area contributed by atoms with Gasteiger partial charge in [0, 0.05) is 30.2 Å². The van der Waals surface area contributed by atoms with Crippen LogP contribution in [0.2, 0.25) is 0 Å². The maximum Gasteiger partial charge on any atom is 0.425 e. The van der Waals surface area contributed by atoms with E-state index in [2.05, 4.69) is 10.3 Å². The number of hydrogen-bond acceptors (Lipinski definition) is 4. The second-order valence-electron chi connectivity index (χ2n) is 9.23. The standard InChI is InChI=1S/C24H23F6N3O2/c1-14-6-8-16(9-7-14)32-17-11-21(2,3)12-18(34)19(17)22(23(25,26)27,24(28,29)30)33-20(35)15-5-4-10-31-13-15/h4-10,13,32H,11-12H2,1-3H3,(H,33,35). The summed E-state index contributed by atoms with van der Waals surface area (Å²) in [5, 5.41) is 3.73. The zero-order chi connectivity index (χ0) is 26.2. The van der Waals surface area contributed by atoms with E-state index in [0.717, 1.165) is 23.1 Å². The number of halogens is 6. The van der Waals surface area contributed by atoms with Gasteiger partial charge in [-0.1, -0.05) is 31.5 Å². The van der Waals surface area contributed by atoms with Gasteiger partial charge in [-0.2, -0.15) is 26.3 Å². The van der Waals surface area contributed by atoms with Gasteiger partial charge in [-0.15, -0.1) is 0 Å². The molecule has 0 saturated carbocycles. The summed E-state index contributed by atoms with van der Waals surface area (Å²) in [5.41, 5.74) is -7.52. The quantitative estimate of drug-likeness (QED) is 0.515. The molecule has 0 saturated heterocycles. The number of hydrogen-bond donors (Lipinski definition) is 2. The van der Waals surface area contributed by atoms with Gasteiger partial charge in [-0.3, -0.25) is 14.6 Å². The highest BCUT2D eigenvalue weighted by Crippen LogP contribution is 2.52. The van der Waals surface area contributed by atoms with Gasteiger partial charge in [0.15, 0.2) is 5.78 Å². The molecule has 0 aliphatic heterocycles. The van der Waals surface area contributed by atoms with Crippen molar-refractivity contribution in [2.75, 3.05) is 5.32 Å². The molecule has 5 nitrogen and oxygen atoms in total. The van der Waals surface area contributed by atoms with Gasteiger partial charge in [-0.25, -0.2) is 0 Å². The molecule has 2 N–H and O–H groups in total. The van der Waals surface area contributed by atoms with Crippen LogP contribution in [0, 0.1) is 12.3 Å². The molecule has 0 atom stereocenters. The lowest BCUT2D eigenvalue weighted by molar-refractivity contribution is -0.290. The summed E-state index contributed by atoms with van der Waals surface area (Å²) in [6.07, 6.45) is -11.0. The number of amides is 1. The second-order valence-corrected chi connectivity index (χ2v) is 9.23. The number of alkyl halides is 6. The van der Waals surface area contributed by atoms with Gasteiger partial charge in [0.2, 0.25) is 0 Å². The van der Waals surface area contributed by atoms with Crippen LogP contribution in [0.15, 0.2) is 60.1 Å². The zero-order valence-corrected chi connectivity index (χ0v) is 19.1. The maximum atomic E-state index is 14.5. The predicted octanol–water partition coefficient (Wildman–Crippen LogP) is 5.74. The summed E-state index contributed by atoms with van der Waals surface area (Å²) in [5.74, 6) is -3.04. The SMILES string of the molecule is Cc1ccc(NC2=C(C(NC(=O)c3cccnc3)(C(F)(F)F)C(F)(F)F)C(=O)CC(C)(C)C2)cc1. The fourth-order valence-corrected chi connectivity index (χ4v) is 4.06. The highest BCUT2D eigenvalue weighted by molar-refractivity contribution is 6.03. The van der Waals surface area contributed by atoms with Crippen LogP contribution in [0.3, 0.4) is 0 Å². The Morgan fingerprint density at radius 2 is 1.57 bits per heavy atom. The van der Waals surface area contributed by atoms with Crippen molar-refractivity contribution >= 4 is 17.4 Å². The fourth-order valence-electron chi connectivity index (χ4n) is 4.06. The molecule has 11 heteroatoms. The number of anilines is 1. The summed E-state index contributed by atoms with van der Waals surface area (Å²) in [6, 6.07) is 8.39. The molecule has 188 valence electrons. The summed E-state index contributed by atoms with van der Waals surface area (Å²) in [4.78, 5) is 29.3. The third-order valence-corrected chi connectivity index (χ3v) is 5.67. The molecular formula is C24H23F6N3O2. The average Bonchev–Trinajstić information content (AvgIpc) is 2.72. The van der Waals surface area contributed by atoms with Crippen LogP contribution >= 0.6 is 0 Å². The molecule has 1 aromatic carbocycles. The molecule has 0 unspecified atom stereocenters. The molecular weight excluding hydrogens is 476 g/mol. The lowest BCUT2D eigenvalue weighted by Gasteiger charge is -2.43. The number of Topliss-reactive ketones (excluding diaryl/α,β-unsaturated/α-hetero) is 1. The van der Waals surface area contributed by atoms with Crippen molar-refractivity contribution in [3.8, 4) is 0 Å². The molecule has 0 spiro atoms. The van der Waals surface area contributed by atoms with Crippen molar-refractivity contribution in [3.05, 3.63) is 71.2 Å². The van der Waals surface area contributed by atoms with Crippen molar-refractivity contribution in [1.82, 2.24) is 10.3 Å². The largest absolute Gasteiger partial charge is 0.425 e. The van der Waals surface area contributed by atoms with E-state index < -0.39 is 58.3 Å². The van der Waals surface area contributed by atoms with Gasteiger partial charge in [0.05, 0.1) is 11.1 Å². The lowest BCUT2D eigenvalue weighted by Crippen LogP contribution is -2.70. The molecule has 0 radical (unpaired) electrons. The molecule has 1 aromatic heterocycles. The number of allylic oxidation sites excluding steroid dienone is 1. The minimum Gasteiger partial charge on any atom is -0.358 e. The van der Waals surface area contributed by atoms with Gasteiger partial charge in [0.1, 0.15) is 0 Å². The van der Waals surface area contributed by atoms with Crippen LogP contribution in [0.5, 0.6) is 0 Å². The number of rotatable bonds is 5. The molecule has 1 aliphatic rings. The van der Waals surface area contributed by atoms with Crippen LogP contribution in [0.4, 0.5) is 32.0 Å². The average molecular weight is 499 g/mol. The van der Waals surface area contributed by atoms with E-state index in [9.17, 15) is 35.9 Å². The Hall–Kier alpha value is -3.37. The normalized spacial score (nSPS) is 16.8. The van der Waals surface area contributed by atoms with Gasteiger partial charge in [-0.05, 0) is 43.0 Å². The Bertz CT molecular complexity index is 1120. The Morgan fingerprint density at radius 1 is 0.971 bits per heavy atom. The van der Waals surface area contributed by atoms with Crippen LogP contribution in [0.25, 0.3) is 0 Å². The number of pyridine rings is 1. The van der Waals surface area contributed by atoms with E-state index in [4.69, 9.17) is 0 Å². The van der Waals surface area contributed by atoms with Crippen LogP contribution in [0.1, 0.15) is 42.6 Å². The fraction of sp³-hybridized carbons (Fsp3) is 0.375. The van der Waals surface area contributed by atoms with Crippen molar-refractivity contribution < 1.29 is 35.9 Å². The molecule has 1 amide bonds. The van der Waals surface area contributed by atoms with Crippen molar-refractivity contribution in [3.63, 3.8) is 0 Å². The van der Waals surface area contributed by atoms with Gasteiger partial charge >= 0.3 is 12.4 Å². The minimum atomic E-state index is -6.10. The second kappa shape index (κ2) is 9.01. The number of carbonyl (C=O) groups is 2. The summed E-state index contributed by atoms with van der Waals surface area (Å²) < 4.78 is 87.0. The van der Waals surface area contributed by atoms with Crippen LogP contribution in [-0.2, 0) is 4.79 Å². The van der Waals surface area contributed by atoms with Crippen molar-refractivity contribution in [2.45, 2.75) is 51.5 Å². The first-order valence-corrected chi connectivity index (χ1v) is 10.5. The van der Waals surface area contributed by atoms with Gasteiger partial charge in [0.25, 0.3) is 11.4 Å². The van der Waals surface area contributed by atoms with E-state index >= 15 is 0 Å². The van der Waals surface area contributed by atoms with Crippen molar-refractivity contribution in [1.29, 1.82) is 0 Å². The third-order valence-electron chi connectivity index (χ3n) is 5.67. The first-order valence-electron chi connectivity index (χ1n) is 10.5. The molecule has 2 aromatic rings. The lowest BCUT2D eigenvalue weighted by atomic mass is 9.70. The van der Waals surface area contributed by atoms with E-state index in [1.54, 1.807) is 32.9 Å². The Balaban J connectivity index is 2.29. The molecule has 1 heterocycles. The monoisotopic (exact) mass is 499 g/mol. The molecule has 0 fully saturated rings. The van der Waals surface area contributed by atoms with Crippen LogP contribution in [-0.4, -0.2) is 34.6 Å². The molecule has 1 aliphatic carbocycles. The smallest absolute Gasteiger partial charge is 0.358 e. The van der Waals surface area contributed by atoms with Crippen LogP contribution < -0.4 is 10.6 Å². The Morgan fingerprint density at radius 3 is 2.09 bits per heavy atom. The number of ketones is 1. The summed E-state index contributed by atoms with van der Waals surface area (Å²) >= 11 is 0. The van der Waals surface area contributed by atoms with E-state index in [1.165, 1.54) is 24.4 Å². The zero-order valence-electron chi connectivity index (χ0n) is 19.1. The van der Waals surface area contributed by atoms with Gasteiger partial charge < -0.3 is 10.6 Å². The topological polar surface area (TPSA) is 71.1 Å². The molecule has 0 bridgehead atoms. The molecule has 3 rings (SSSR count). The highest BCUT2D eigenvalue weighted by Gasteiger charge is 2.76.